The maximum Gasteiger partial charge on any atom is 0.253 e. The Balaban J connectivity index is 1.84. The molecule has 6 heteroatoms. The van der Waals surface area contributed by atoms with Gasteiger partial charge >= 0.3 is 0 Å². The molecule has 0 saturated carbocycles. The zero-order valence-electron chi connectivity index (χ0n) is 10.9. The quantitative estimate of drug-likeness (QED) is 0.782. The molecule has 0 spiro atoms. The van der Waals surface area contributed by atoms with Crippen molar-refractivity contribution in [2.75, 3.05) is 7.05 Å². The Labute approximate surface area is 115 Å². The molecule has 2 heterocycles. The van der Waals surface area contributed by atoms with Crippen molar-refractivity contribution in [2.45, 2.75) is 6.54 Å². The van der Waals surface area contributed by atoms with Crippen LogP contribution in [0.1, 0.15) is 15.9 Å². The first-order valence-electron chi connectivity index (χ1n) is 6.18. The molecule has 3 rings (SSSR count). The molecule has 0 unspecified atom stereocenters. The topological polar surface area (TPSA) is 74.8 Å². The predicted molar refractivity (Wildman–Crippen MR) is 73.9 cm³/mol. The molecule has 3 aromatic rings. The minimum Gasteiger partial charge on any atom is -0.337 e. The molecule has 1 amide bonds. The lowest BCUT2D eigenvalue weighted by atomic mass is 10.1. The van der Waals surface area contributed by atoms with Gasteiger partial charge in [-0.05, 0) is 18.2 Å². The Bertz CT molecular complexity index is 738. The van der Waals surface area contributed by atoms with Gasteiger partial charge < -0.3 is 4.90 Å². The number of H-pyrrole nitrogens is 1. The molecule has 20 heavy (non-hydrogen) atoms. The van der Waals surface area contributed by atoms with Crippen LogP contribution in [0.5, 0.6) is 0 Å². The molecule has 0 fully saturated rings. The summed E-state index contributed by atoms with van der Waals surface area (Å²) in [5, 5.41) is 6.60. The second kappa shape index (κ2) is 5.08. The summed E-state index contributed by atoms with van der Waals surface area (Å²) in [6, 6.07) is 5.34. The highest BCUT2D eigenvalue weighted by Gasteiger charge is 2.13. The van der Waals surface area contributed by atoms with Gasteiger partial charge in [-0.15, -0.1) is 0 Å². The van der Waals surface area contributed by atoms with Crippen molar-refractivity contribution < 1.29 is 4.79 Å². The van der Waals surface area contributed by atoms with Gasteiger partial charge in [0.2, 0.25) is 0 Å². The van der Waals surface area contributed by atoms with Crippen LogP contribution in [0.4, 0.5) is 0 Å². The largest absolute Gasteiger partial charge is 0.337 e. The lowest BCUT2D eigenvalue weighted by molar-refractivity contribution is 0.0785. The van der Waals surface area contributed by atoms with Crippen LogP contribution >= 0.6 is 0 Å². The number of hydrogen-bond donors (Lipinski definition) is 1. The molecule has 0 aliphatic heterocycles. The third-order valence-electron chi connectivity index (χ3n) is 3.04. The van der Waals surface area contributed by atoms with Gasteiger partial charge in [0.25, 0.3) is 5.91 Å². The lowest BCUT2D eigenvalue weighted by Crippen LogP contribution is -2.26. The molecule has 0 radical (unpaired) electrons. The number of nitrogens with one attached hydrogen (secondary N) is 1. The van der Waals surface area contributed by atoms with Crippen LogP contribution in [0, 0.1) is 0 Å². The highest BCUT2D eigenvalue weighted by atomic mass is 16.2. The van der Waals surface area contributed by atoms with Gasteiger partial charge in [-0.25, -0.2) is 0 Å². The molecule has 2 aromatic heterocycles. The number of aromatic nitrogens is 4. The maximum atomic E-state index is 12.4. The van der Waals surface area contributed by atoms with Crippen molar-refractivity contribution in [1.82, 2.24) is 25.1 Å². The van der Waals surface area contributed by atoms with Gasteiger partial charge in [0.05, 0.1) is 17.2 Å². The van der Waals surface area contributed by atoms with E-state index in [1.807, 2.05) is 0 Å². The van der Waals surface area contributed by atoms with Gasteiger partial charge in [0.15, 0.2) is 0 Å². The molecule has 0 atom stereocenters. The van der Waals surface area contributed by atoms with Gasteiger partial charge in [0, 0.05) is 43.3 Å². The first-order valence-corrected chi connectivity index (χ1v) is 6.18. The molecule has 0 saturated heterocycles. The number of aromatic amines is 1. The predicted octanol–water partition coefficient (Wildman–Crippen LogP) is 1.63. The fourth-order valence-electron chi connectivity index (χ4n) is 2.03. The van der Waals surface area contributed by atoms with Crippen molar-refractivity contribution >= 4 is 16.9 Å². The number of fused-ring (bicyclic) bond motifs is 1. The van der Waals surface area contributed by atoms with E-state index in [0.717, 1.165) is 16.6 Å². The third-order valence-corrected chi connectivity index (χ3v) is 3.04. The highest BCUT2D eigenvalue weighted by Crippen LogP contribution is 2.13. The fraction of sp³-hybridized carbons (Fsp3) is 0.143. The molecule has 1 aromatic carbocycles. The molecule has 0 aliphatic carbocycles. The van der Waals surface area contributed by atoms with E-state index >= 15 is 0 Å². The van der Waals surface area contributed by atoms with Crippen LogP contribution in [0.15, 0.2) is 43.0 Å². The smallest absolute Gasteiger partial charge is 0.253 e. The molecular weight excluding hydrogens is 254 g/mol. The summed E-state index contributed by atoms with van der Waals surface area (Å²) in [5.41, 5.74) is 3.06. The second-order valence-electron chi connectivity index (χ2n) is 4.53. The normalized spacial score (nSPS) is 10.7. The Morgan fingerprint density at radius 1 is 1.25 bits per heavy atom. The molecule has 0 aliphatic rings. The average molecular weight is 267 g/mol. The molecule has 1 N–H and O–H groups in total. The van der Waals surface area contributed by atoms with E-state index in [0.29, 0.717) is 12.1 Å². The molecule has 100 valence electrons. The lowest BCUT2D eigenvalue weighted by Gasteiger charge is -2.16. The number of amides is 1. The highest BCUT2D eigenvalue weighted by molar-refractivity contribution is 5.97. The number of rotatable bonds is 3. The van der Waals surface area contributed by atoms with Crippen LogP contribution in [-0.2, 0) is 6.54 Å². The van der Waals surface area contributed by atoms with Crippen LogP contribution in [0.2, 0.25) is 0 Å². The minimum absolute atomic E-state index is 0.0567. The number of hydrogen-bond acceptors (Lipinski definition) is 4. The van der Waals surface area contributed by atoms with Crippen molar-refractivity contribution in [2.24, 2.45) is 0 Å². The summed E-state index contributed by atoms with van der Waals surface area (Å²) in [5.74, 6) is -0.0567. The van der Waals surface area contributed by atoms with E-state index in [-0.39, 0.29) is 5.91 Å². The monoisotopic (exact) mass is 267 g/mol. The zero-order chi connectivity index (χ0) is 13.9. The molecule has 0 bridgehead atoms. The van der Waals surface area contributed by atoms with Crippen molar-refractivity contribution in [3.05, 3.63) is 54.1 Å². The van der Waals surface area contributed by atoms with E-state index in [9.17, 15) is 4.79 Å². The summed E-state index contributed by atoms with van der Waals surface area (Å²) in [7, 11) is 1.76. The Kier molecular flexibility index (Phi) is 3.12. The van der Waals surface area contributed by atoms with Crippen molar-refractivity contribution in [1.29, 1.82) is 0 Å². The summed E-state index contributed by atoms with van der Waals surface area (Å²) in [6.45, 7) is 0.508. The van der Waals surface area contributed by atoms with Gasteiger partial charge in [0.1, 0.15) is 0 Å². The summed E-state index contributed by atoms with van der Waals surface area (Å²) in [4.78, 5) is 22.4. The van der Waals surface area contributed by atoms with Crippen molar-refractivity contribution in [3.8, 4) is 0 Å². The van der Waals surface area contributed by atoms with E-state index in [1.165, 1.54) is 0 Å². The maximum absolute atomic E-state index is 12.4. The average Bonchev–Trinajstić information content (AvgIpc) is 2.99. The first-order chi connectivity index (χ1) is 9.74. The van der Waals surface area contributed by atoms with E-state index in [1.54, 1.807) is 54.9 Å². The number of carbonyl (C=O) groups excluding carboxylic acids is 1. The van der Waals surface area contributed by atoms with Gasteiger partial charge in [-0.3, -0.25) is 19.9 Å². The fourth-order valence-corrected chi connectivity index (χ4v) is 2.03. The van der Waals surface area contributed by atoms with E-state index in [4.69, 9.17) is 0 Å². The summed E-state index contributed by atoms with van der Waals surface area (Å²) in [6.07, 6.45) is 6.73. The van der Waals surface area contributed by atoms with Crippen LogP contribution < -0.4 is 0 Å². The Morgan fingerprint density at radius 3 is 2.80 bits per heavy atom. The SMILES string of the molecule is CN(Cc1cn[nH]c1)C(=O)c1ccc2nccnc2c1. The number of benzene rings is 1. The number of carbonyl (C=O) groups is 1. The Morgan fingerprint density at radius 2 is 2.05 bits per heavy atom. The summed E-state index contributed by atoms with van der Waals surface area (Å²) >= 11 is 0. The second-order valence-corrected chi connectivity index (χ2v) is 4.53. The van der Waals surface area contributed by atoms with Crippen LogP contribution in [0.3, 0.4) is 0 Å². The van der Waals surface area contributed by atoms with Gasteiger partial charge in [-0.1, -0.05) is 0 Å². The number of nitrogens with zero attached hydrogens (tertiary/aromatic N) is 4. The van der Waals surface area contributed by atoms with Crippen molar-refractivity contribution in [3.63, 3.8) is 0 Å². The molecule has 6 nitrogen and oxygen atoms in total. The molecular formula is C14H13N5O. The third kappa shape index (κ3) is 2.35. The minimum atomic E-state index is -0.0567. The zero-order valence-corrected chi connectivity index (χ0v) is 10.9. The Hall–Kier alpha value is -2.76. The first kappa shape index (κ1) is 12.3. The standard InChI is InChI=1S/C14H13N5O/c1-19(9-10-7-17-18-8-10)14(20)11-2-3-12-13(6-11)16-5-4-15-12/h2-8H,9H2,1H3,(H,17,18). The van der Waals surface area contributed by atoms with Gasteiger partial charge in [-0.2, -0.15) is 5.10 Å². The van der Waals surface area contributed by atoms with E-state index < -0.39 is 0 Å². The van der Waals surface area contributed by atoms with Crippen LogP contribution in [0.25, 0.3) is 11.0 Å². The van der Waals surface area contributed by atoms with Crippen LogP contribution in [-0.4, -0.2) is 38.0 Å². The van der Waals surface area contributed by atoms with E-state index in [2.05, 4.69) is 20.2 Å². The summed E-state index contributed by atoms with van der Waals surface area (Å²) < 4.78 is 0.